The number of sulfonamides is 1. The van der Waals surface area contributed by atoms with E-state index < -0.39 is 15.8 Å². The van der Waals surface area contributed by atoms with Crippen molar-refractivity contribution in [3.8, 4) is 0 Å². The predicted octanol–water partition coefficient (Wildman–Crippen LogP) is 3.47. The lowest BCUT2D eigenvalue weighted by Gasteiger charge is -2.32. The van der Waals surface area contributed by atoms with Crippen molar-refractivity contribution in [3.05, 3.63) is 48.3 Å². The third-order valence-corrected chi connectivity index (χ3v) is 6.31. The van der Waals surface area contributed by atoms with Gasteiger partial charge in [-0.25, -0.2) is 12.8 Å². The fourth-order valence-electron chi connectivity index (χ4n) is 2.61. The van der Waals surface area contributed by atoms with E-state index in [0.717, 1.165) is 4.90 Å². The summed E-state index contributed by atoms with van der Waals surface area (Å²) >= 11 is 1.61. The number of rotatable bonds is 3. The predicted molar refractivity (Wildman–Crippen MR) is 97.0 cm³/mol. The molecule has 0 saturated heterocycles. The second-order valence-electron chi connectivity index (χ2n) is 5.80. The highest BCUT2D eigenvalue weighted by molar-refractivity contribution is 8.00. The summed E-state index contributed by atoms with van der Waals surface area (Å²) in [4.78, 5) is 14.4. The number of amides is 1. The molecule has 0 spiro atoms. The van der Waals surface area contributed by atoms with Gasteiger partial charge in [-0.3, -0.25) is 9.52 Å². The molecule has 0 radical (unpaired) electrons. The molecular weight excluding hydrogens is 363 g/mol. The van der Waals surface area contributed by atoms with Gasteiger partial charge in [-0.2, -0.15) is 0 Å². The van der Waals surface area contributed by atoms with Gasteiger partial charge in [0.25, 0.3) is 10.0 Å². The Bertz CT molecular complexity index is 914. The van der Waals surface area contributed by atoms with Gasteiger partial charge in [-0.05, 0) is 42.5 Å². The van der Waals surface area contributed by atoms with Gasteiger partial charge >= 0.3 is 0 Å². The summed E-state index contributed by atoms with van der Waals surface area (Å²) in [6, 6.07) is 9.79. The monoisotopic (exact) mass is 380 g/mol. The molecule has 0 aromatic heterocycles. The standard InChI is InChI=1S/C17H17FN2O3S2/c1-11-10-20(12(2)21)16-9-15(7-8-17(16)24-11)25(22,23)19-14-5-3-13(18)4-6-14/h3-9,11,19H,10H2,1-2H3/t11-/m0/s1. The van der Waals surface area contributed by atoms with Gasteiger partial charge in [0.2, 0.25) is 5.91 Å². The Labute approximate surface area is 150 Å². The van der Waals surface area contributed by atoms with Crippen molar-refractivity contribution in [1.29, 1.82) is 0 Å². The normalized spacial score (nSPS) is 17.1. The van der Waals surface area contributed by atoms with E-state index in [1.807, 2.05) is 6.92 Å². The molecule has 132 valence electrons. The number of anilines is 2. The summed E-state index contributed by atoms with van der Waals surface area (Å²) in [5, 5.41) is 0.233. The van der Waals surface area contributed by atoms with Crippen LogP contribution in [0.2, 0.25) is 0 Å². The zero-order chi connectivity index (χ0) is 18.2. The Morgan fingerprint density at radius 2 is 1.92 bits per heavy atom. The molecular formula is C17H17FN2O3S2. The second kappa shape index (κ2) is 6.68. The van der Waals surface area contributed by atoms with Gasteiger partial charge in [0.15, 0.2) is 0 Å². The topological polar surface area (TPSA) is 66.5 Å². The molecule has 1 heterocycles. The minimum absolute atomic E-state index is 0.0528. The third-order valence-electron chi connectivity index (χ3n) is 3.78. The number of nitrogens with zero attached hydrogens (tertiary/aromatic N) is 1. The molecule has 5 nitrogen and oxygen atoms in total. The molecule has 1 aliphatic heterocycles. The highest BCUT2D eigenvalue weighted by Gasteiger charge is 2.27. The van der Waals surface area contributed by atoms with Crippen molar-refractivity contribution < 1.29 is 17.6 Å². The largest absolute Gasteiger partial charge is 0.310 e. The highest BCUT2D eigenvalue weighted by atomic mass is 32.2. The molecule has 1 N–H and O–H groups in total. The van der Waals surface area contributed by atoms with Crippen molar-refractivity contribution in [2.45, 2.75) is 28.9 Å². The van der Waals surface area contributed by atoms with Crippen LogP contribution in [0.4, 0.5) is 15.8 Å². The van der Waals surface area contributed by atoms with Gasteiger partial charge in [0.05, 0.1) is 10.6 Å². The molecule has 1 amide bonds. The third kappa shape index (κ3) is 3.80. The zero-order valence-electron chi connectivity index (χ0n) is 13.7. The van der Waals surface area contributed by atoms with Crippen LogP contribution in [0.25, 0.3) is 0 Å². The number of thioether (sulfide) groups is 1. The van der Waals surface area contributed by atoms with E-state index in [1.54, 1.807) is 22.7 Å². The average Bonchev–Trinajstić information content (AvgIpc) is 2.55. The average molecular weight is 380 g/mol. The summed E-state index contributed by atoms with van der Waals surface area (Å²) < 4.78 is 40.6. The van der Waals surface area contributed by atoms with Crippen molar-refractivity contribution in [3.63, 3.8) is 0 Å². The SMILES string of the molecule is CC(=O)N1C[C@H](C)Sc2ccc(S(=O)(=O)Nc3ccc(F)cc3)cc21. The first-order chi connectivity index (χ1) is 11.8. The number of hydrogen-bond acceptors (Lipinski definition) is 4. The molecule has 1 atom stereocenters. The number of halogens is 1. The van der Waals surface area contributed by atoms with E-state index >= 15 is 0 Å². The van der Waals surface area contributed by atoms with Crippen LogP contribution in [0, 0.1) is 5.82 Å². The molecule has 2 aromatic rings. The Hall–Kier alpha value is -2.06. The van der Waals surface area contributed by atoms with Crippen LogP contribution in [-0.4, -0.2) is 26.1 Å². The molecule has 0 bridgehead atoms. The van der Waals surface area contributed by atoms with E-state index in [-0.39, 0.29) is 21.7 Å². The van der Waals surface area contributed by atoms with Crippen molar-refractivity contribution in [2.75, 3.05) is 16.2 Å². The number of hydrogen-bond donors (Lipinski definition) is 1. The van der Waals surface area contributed by atoms with Gasteiger partial charge in [-0.15, -0.1) is 11.8 Å². The van der Waals surface area contributed by atoms with E-state index in [4.69, 9.17) is 0 Å². The summed E-state index contributed by atoms with van der Waals surface area (Å²) in [6.07, 6.45) is 0. The first-order valence-corrected chi connectivity index (χ1v) is 10.00. The van der Waals surface area contributed by atoms with E-state index in [0.29, 0.717) is 12.2 Å². The summed E-state index contributed by atoms with van der Waals surface area (Å²) in [5.74, 6) is -0.575. The quantitative estimate of drug-likeness (QED) is 0.885. The minimum Gasteiger partial charge on any atom is -0.310 e. The fourth-order valence-corrected chi connectivity index (χ4v) is 4.79. The molecule has 0 saturated carbocycles. The Morgan fingerprint density at radius 1 is 1.24 bits per heavy atom. The van der Waals surface area contributed by atoms with Gasteiger partial charge < -0.3 is 4.90 Å². The number of carbonyl (C=O) groups is 1. The number of fused-ring (bicyclic) bond motifs is 1. The summed E-state index contributed by atoms with van der Waals surface area (Å²) in [5.41, 5.74) is 0.864. The summed E-state index contributed by atoms with van der Waals surface area (Å²) in [6.45, 7) is 4.01. The van der Waals surface area contributed by atoms with Gasteiger partial charge in [0, 0.05) is 29.3 Å². The fraction of sp³-hybridized carbons (Fsp3) is 0.235. The van der Waals surface area contributed by atoms with Crippen LogP contribution in [0.3, 0.4) is 0 Å². The minimum atomic E-state index is -3.84. The van der Waals surface area contributed by atoms with Crippen LogP contribution in [0.5, 0.6) is 0 Å². The first-order valence-electron chi connectivity index (χ1n) is 7.63. The summed E-state index contributed by atoms with van der Waals surface area (Å²) in [7, 11) is -3.84. The van der Waals surface area contributed by atoms with Crippen molar-refractivity contribution in [1.82, 2.24) is 0 Å². The van der Waals surface area contributed by atoms with E-state index in [2.05, 4.69) is 4.72 Å². The lowest BCUT2D eigenvalue weighted by atomic mass is 10.2. The molecule has 3 rings (SSSR count). The van der Waals surface area contributed by atoms with Crippen molar-refractivity contribution in [2.24, 2.45) is 0 Å². The maximum Gasteiger partial charge on any atom is 0.261 e. The lowest BCUT2D eigenvalue weighted by Crippen LogP contribution is -2.37. The van der Waals surface area contributed by atoms with Crippen LogP contribution < -0.4 is 9.62 Å². The number of nitrogens with one attached hydrogen (secondary N) is 1. The Balaban J connectivity index is 1.96. The molecule has 0 unspecified atom stereocenters. The van der Waals surface area contributed by atoms with Gasteiger partial charge in [-0.1, -0.05) is 6.92 Å². The number of carbonyl (C=O) groups excluding carboxylic acids is 1. The van der Waals surface area contributed by atoms with Crippen LogP contribution in [0.15, 0.2) is 52.3 Å². The molecule has 8 heteroatoms. The lowest BCUT2D eigenvalue weighted by molar-refractivity contribution is -0.116. The first kappa shape index (κ1) is 17.8. The second-order valence-corrected chi connectivity index (χ2v) is 8.96. The van der Waals surface area contributed by atoms with Crippen LogP contribution >= 0.6 is 11.8 Å². The number of benzene rings is 2. The molecule has 2 aromatic carbocycles. The molecule has 0 aliphatic carbocycles. The van der Waals surface area contributed by atoms with E-state index in [9.17, 15) is 17.6 Å². The maximum absolute atomic E-state index is 13.0. The Kier molecular flexibility index (Phi) is 4.75. The van der Waals surface area contributed by atoms with Crippen molar-refractivity contribution >= 4 is 39.1 Å². The van der Waals surface area contributed by atoms with E-state index in [1.165, 1.54) is 43.3 Å². The highest BCUT2D eigenvalue weighted by Crippen LogP contribution is 2.39. The van der Waals surface area contributed by atoms with Crippen LogP contribution in [-0.2, 0) is 14.8 Å². The molecule has 1 aliphatic rings. The van der Waals surface area contributed by atoms with Crippen LogP contribution in [0.1, 0.15) is 13.8 Å². The Morgan fingerprint density at radius 3 is 2.56 bits per heavy atom. The zero-order valence-corrected chi connectivity index (χ0v) is 15.3. The molecule has 0 fully saturated rings. The molecule has 25 heavy (non-hydrogen) atoms. The maximum atomic E-state index is 13.0. The van der Waals surface area contributed by atoms with Gasteiger partial charge in [0.1, 0.15) is 5.82 Å². The smallest absolute Gasteiger partial charge is 0.261 e.